The molecule has 2 atom stereocenters. The summed E-state index contributed by atoms with van der Waals surface area (Å²) in [4.78, 5) is 51.9. The Hall–Kier alpha value is -2.70. The SMILES string of the molecule is CC(C)c1ccccc1NC(=O)CN1C(=O)C(=O)N([C@@H]2CCCC[C@@H]2C)C1=O. The van der Waals surface area contributed by atoms with Gasteiger partial charge >= 0.3 is 17.8 Å². The number of amides is 5. The lowest BCUT2D eigenvalue weighted by Gasteiger charge is -2.34. The Labute approximate surface area is 165 Å². The van der Waals surface area contributed by atoms with Gasteiger partial charge in [0.2, 0.25) is 5.91 Å². The van der Waals surface area contributed by atoms with Crippen LogP contribution in [0.5, 0.6) is 0 Å². The van der Waals surface area contributed by atoms with Crippen LogP contribution in [0.2, 0.25) is 0 Å². The van der Waals surface area contributed by atoms with Gasteiger partial charge in [-0.2, -0.15) is 0 Å². The van der Waals surface area contributed by atoms with Crippen LogP contribution >= 0.6 is 0 Å². The van der Waals surface area contributed by atoms with Crippen molar-refractivity contribution in [2.45, 2.75) is 58.4 Å². The first-order valence-electron chi connectivity index (χ1n) is 9.89. The van der Waals surface area contributed by atoms with E-state index in [1.807, 2.05) is 39.0 Å². The fraction of sp³-hybridized carbons (Fsp3) is 0.524. The Bertz CT molecular complexity index is 805. The summed E-state index contributed by atoms with van der Waals surface area (Å²) in [5, 5.41) is 2.76. The molecule has 1 heterocycles. The quantitative estimate of drug-likeness (QED) is 0.623. The summed E-state index contributed by atoms with van der Waals surface area (Å²) >= 11 is 0. The van der Waals surface area contributed by atoms with Crippen LogP contribution in [-0.4, -0.2) is 46.1 Å². The number of carbonyl (C=O) groups excluding carboxylic acids is 4. The maximum Gasteiger partial charge on any atom is 0.334 e. The van der Waals surface area contributed by atoms with Gasteiger partial charge in [0.15, 0.2) is 0 Å². The lowest BCUT2D eigenvalue weighted by Crippen LogP contribution is -2.46. The van der Waals surface area contributed by atoms with Crippen LogP contribution in [0.25, 0.3) is 0 Å². The average Bonchev–Trinajstić information content (AvgIpc) is 2.86. The van der Waals surface area contributed by atoms with Gasteiger partial charge in [-0.15, -0.1) is 0 Å². The molecule has 0 bridgehead atoms. The highest BCUT2D eigenvalue weighted by Crippen LogP contribution is 2.31. The van der Waals surface area contributed by atoms with Crippen LogP contribution in [0.3, 0.4) is 0 Å². The fourth-order valence-electron chi connectivity index (χ4n) is 4.08. The number of carbonyl (C=O) groups is 4. The lowest BCUT2D eigenvalue weighted by molar-refractivity contribution is -0.145. The van der Waals surface area contributed by atoms with Gasteiger partial charge in [-0.05, 0) is 36.3 Å². The summed E-state index contributed by atoms with van der Waals surface area (Å²) in [6.45, 7) is 5.56. The molecule has 28 heavy (non-hydrogen) atoms. The van der Waals surface area contributed by atoms with E-state index >= 15 is 0 Å². The molecule has 1 saturated heterocycles. The average molecular weight is 385 g/mol. The van der Waals surface area contributed by atoms with Crippen molar-refractivity contribution in [3.8, 4) is 0 Å². The van der Waals surface area contributed by atoms with Gasteiger partial charge in [-0.3, -0.25) is 19.3 Å². The van der Waals surface area contributed by atoms with E-state index < -0.39 is 30.3 Å². The molecule has 7 heteroatoms. The third-order valence-corrected chi connectivity index (χ3v) is 5.64. The molecule has 1 aliphatic heterocycles. The van der Waals surface area contributed by atoms with Gasteiger partial charge in [-0.1, -0.05) is 51.8 Å². The molecule has 0 radical (unpaired) electrons. The molecule has 1 aromatic rings. The van der Waals surface area contributed by atoms with Crippen molar-refractivity contribution in [3.05, 3.63) is 29.8 Å². The molecule has 1 N–H and O–H groups in total. The molecule has 1 saturated carbocycles. The Kier molecular flexibility index (Phi) is 5.82. The number of anilines is 1. The minimum Gasteiger partial charge on any atom is -0.324 e. The normalized spacial score (nSPS) is 22.9. The van der Waals surface area contributed by atoms with Crippen molar-refractivity contribution < 1.29 is 19.2 Å². The minimum atomic E-state index is -0.921. The van der Waals surface area contributed by atoms with Gasteiger partial charge in [0.05, 0.1) is 0 Å². The second-order valence-corrected chi connectivity index (χ2v) is 7.97. The molecule has 2 aliphatic rings. The van der Waals surface area contributed by atoms with E-state index in [4.69, 9.17) is 0 Å². The molecule has 1 aromatic carbocycles. The number of urea groups is 1. The summed E-state index contributed by atoms with van der Waals surface area (Å²) < 4.78 is 0. The zero-order valence-corrected chi connectivity index (χ0v) is 16.6. The van der Waals surface area contributed by atoms with E-state index in [0.29, 0.717) is 12.1 Å². The van der Waals surface area contributed by atoms with Crippen molar-refractivity contribution in [2.75, 3.05) is 11.9 Å². The van der Waals surface area contributed by atoms with Gasteiger partial charge in [0.1, 0.15) is 6.54 Å². The molecular formula is C21H27N3O4. The zero-order valence-electron chi connectivity index (χ0n) is 16.6. The standard InChI is InChI=1S/C21H27N3O4/c1-13(2)15-9-5-6-10-16(15)22-18(25)12-23-19(26)20(27)24(21(23)28)17-11-7-4-8-14(17)3/h5-6,9-10,13-14,17H,4,7-8,11-12H2,1-3H3,(H,22,25)/t14-,17+/m0/s1. The number of nitrogens with one attached hydrogen (secondary N) is 1. The maximum atomic E-state index is 12.8. The first-order valence-corrected chi connectivity index (χ1v) is 9.89. The van der Waals surface area contributed by atoms with Crippen LogP contribution in [0.15, 0.2) is 24.3 Å². The third kappa shape index (κ3) is 3.79. The Balaban J connectivity index is 1.72. The summed E-state index contributed by atoms with van der Waals surface area (Å²) in [6, 6.07) is 6.45. The van der Waals surface area contributed by atoms with E-state index in [0.717, 1.165) is 34.6 Å². The van der Waals surface area contributed by atoms with E-state index in [1.165, 1.54) is 0 Å². The molecular weight excluding hydrogens is 358 g/mol. The van der Waals surface area contributed by atoms with Gasteiger partial charge in [-0.25, -0.2) is 9.69 Å². The number of imide groups is 2. The fourth-order valence-corrected chi connectivity index (χ4v) is 4.08. The molecule has 7 nitrogen and oxygen atoms in total. The lowest BCUT2D eigenvalue weighted by atomic mass is 9.85. The monoisotopic (exact) mass is 385 g/mol. The molecule has 5 amide bonds. The van der Waals surface area contributed by atoms with Crippen molar-refractivity contribution in [1.82, 2.24) is 9.80 Å². The Morgan fingerprint density at radius 1 is 1.11 bits per heavy atom. The highest BCUT2D eigenvalue weighted by molar-refractivity contribution is 6.45. The molecule has 1 aliphatic carbocycles. The highest BCUT2D eigenvalue weighted by Gasteiger charge is 2.49. The molecule has 150 valence electrons. The molecule has 2 fully saturated rings. The summed E-state index contributed by atoms with van der Waals surface area (Å²) in [5.74, 6) is -1.88. The minimum absolute atomic E-state index is 0.154. The number of hydrogen-bond donors (Lipinski definition) is 1. The van der Waals surface area contributed by atoms with Crippen molar-refractivity contribution in [3.63, 3.8) is 0 Å². The molecule has 0 unspecified atom stereocenters. The number of rotatable bonds is 5. The van der Waals surface area contributed by atoms with E-state index in [1.54, 1.807) is 6.07 Å². The second kappa shape index (κ2) is 8.12. The van der Waals surface area contributed by atoms with Crippen LogP contribution < -0.4 is 5.32 Å². The third-order valence-electron chi connectivity index (χ3n) is 5.64. The van der Waals surface area contributed by atoms with E-state index in [9.17, 15) is 19.2 Å². The number of nitrogens with zero attached hydrogens (tertiary/aromatic N) is 2. The summed E-state index contributed by atoms with van der Waals surface area (Å²) in [6.07, 6.45) is 3.60. The first-order chi connectivity index (χ1) is 13.3. The smallest absolute Gasteiger partial charge is 0.324 e. The maximum absolute atomic E-state index is 12.8. The highest BCUT2D eigenvalue weighted by atomic mass is 16.2. The van der Waals surface area contributed by atoms with Crippen LogP contribution in [0.4, 0.5) is 10.5 Å². The van der Waals surface area contributed by atoms with Crippen molar-refractivity contribution in [1.29, 1.82) is 0 Å². The van der Waals surface area contributed by atoms with Crippen LogP contribution in [0.1, 0.15) is 57.9 Å². The number of hydrogen-bond acceptors (Lipinski definition) is 4. The Morgan fingerprint density at radius 3 is 2.46 bits per heavy atom. The molecule has 0 aromatic heterocycles. The number of para-hydroxylation sites is 1. The van der Waals surface area contributed by atoms with Gasteiger partial charge in [0, 0.05) is 11.7 Å². The van der Waals surface area contributed by atoms with E-state index in [2.05, 4.69) is 5.32 Å². The van der Waals surface area contributed by atoms with Crippen molar-refractivity contribution >= 4 is 29.4 Å². The zero-order chi connectivity index (χ0) is 20.4. The van der Waals surface area contributed by atoms with Gasteiger partial charge < -0.3 is 5.32 Å². The van der Waals surface area contributed by atoms with Crippen LogP contribution in [-0.2, 0) is 14.4 Å². The topological polar surface area (TPSA) is 86.8 Å². The number of benzene rings is 1. The predicted octanol–water partition coefficient (Wildman–Crippen LogP) is 3.12. The largest absolute Gasteiger partial charge is 0.334 e. The first kappa shape index (κ1) is 20.0. The Morgan fingerprint density at radius 2 is 1.79 bits per heavy atom. The van der Waals surface area contributed by atoms with E-state index in [-0.39, 0.29) is 17.9 Å². The van der Waals surface area contributed by atoms with Crippen molar-refractivity contribution in [2.24, 2.45) is 5.92 Å². The van der Waals surface area contributed by atoms with Crippen LogP contribution in [0, 0.1) is 5.92 Å². The van der Waals surface area contributed by atoms with Gasteiger partial charge in [0.25, 0.3) is 0 Å². The summed E-state index contributed by atoms with van der Waals surface area (Å²) in [7, 11) is 0. The second-order valence-electron chi connectivity index (χ2n) is 7.97. The predicted molar refractivity (Wildman–Crippen MR) is 105 cm³/mol. The molecule has 3 rings (SSSR count). The molecule has 0 spiro atoms. The summed E-state index contributed by atoms with van der Waals surface area (Å²) in [5.41, 5.74) is 1.61.